The van der Waals surface area contributed by atoms with Gasteiger partial charge in [0, 0.05) is 47.4 Å². The van der Waals surface area contributed by atoms with Crippen molar-refractivity contribution in [2.24, 2.45) is 0 Å². The van der Waals surface area contributed by atoms with Crippen LogP contribution in [0.15, 0.2) is 53.1 Å². The van der Waals surface area contributed by atoms with E-state index in [9.17, 15) is 5.26 Å². The molecule has 2 atom stereocenters. The van der Waals surface area contributed by atoms with Crippen molar-refractivity contribution >= 4 is 32.5 Å². The monoisotopic (exact) mass is 419 g/mol. The van der Waals surface area contributed by atoms with E-state index in [2.05, 4.69) is 61.9 Å². The number of pyridine rings is 1. The highest BCUT2D eigenvalue weighted by Crippen LogP contribution is 2.41. The molecule has 2 aliphatic heterocycles. The Morgan fingerprint density at radius 3 is 3.00 bits per heavy atom. The maximum absolute atomic E-state index is 9.45. The number of benzene rings is 2. The van der Waals surface area contributed by atoms with Crippen LogP contribution in [0.5, 0.6) is 0 Å². The van der Waals surface area contributed by atoms with Crippen molar-refractivity contribution in [2.75, 3.05) is 18.0 Å². The minimum absolute atomic E-state index is 0.189. The lowest BCUT2D eigenvalue weighted by molar-refractivity contribution is 0.134. The van der Waals surface area contributed by atoms with Gasteiger partial charge in [0.1, 0.15) is 6.07 Å². The predicted octanol–water partition coefficient (Wildman–Crippen LogP) is 4.63. The first-order valence-corrected chi connectivity index (χ1v) is 9.94. The van der Waals surface area contributed by atoms with Gasteiger partial charge in [-0.05, 0) is 54.4 Å². The Morgan fingerprint density at radius 2 is 2.15 bits per heavy atom. The molecular weight excluding hydrogens is 400 g/mol. The van der Waals surface area contributed by atoms with Gasteiger partial charge in [-0.1, -0.05) is 22.0 Å². The topological polar surface area (TPSA) is 43.2 Å². The molecule has 0 N–H and O–H groups in total. The van der Waals surface area contributed by atoms with Crippen molar-refractivity contribution in [3.63, 3.8) is 0 Å². The summed E-state index contributed by atoms with van der Waals surface area (Å²) in [5, 5.41) is 10.4. The molecule has 2 aliphatic rings. The number of nitrogens with zero attached hydrogens (tertiary/aromatic N) is 4. The summed E-state index contributed by atoms with van der Waals surface area (Å²) < 4.78 is 8.98. The Hall–Kier alpha value is -2.42. The van der Waals surface area contributed by atoms with E-state index in [-0.39, 0.29) is 6.17 Å². The molecule has 0 aliphatic carbocycles. The number of hydrogen-bond acceptors (Lipinski definition) is 4. The summed E-state index contributed by atoms with van der Waals surface area (Å²) in [6.07, 6.45) is 0.189. The fourth-order valence-electron chi connectivity index (χ4n) is 4.56. The summed E-state index contributed by atoms with van der Waals surface area (Å²) in [5.41, 5.74) is 5.05. The van der Waals surface area contributed by atoms with E-state index < -0.39 is 0 Å². The van der Waals surface area contributed by atoms with Crippen LogP contribution in [0.25, 0.3) is 10.9 Å². The van der Waals surface area contributed by atoms with Crippen LogP contribution in [0.2, 0.25) is 0 Å². The van der Waals surface area contributed by atoms with E-state index in [1.54, 1.807) is 6.07 Å². The van der Waals surface area contributed by atoms with Gasteiger partial charge in [0.2, 0.25) is 0 Å². The lowest BCUT2D eigenvalue weighted by Crippen LogP contribution is -2.51. The Balaban J connectivity index is 1.58. The number of rotatable bonds is 1. The average Bonchev–Trinajstić information content (AvgIpc) is 3.05. The fraction of sp³-hybridized carbons (Fsp3) is 0.273. The third-order valence-corrected chi connectivity index (χ3v) is 6.31. The maximum atomic E-state index is 9.45. The van der Waals surface area contributed by atoms with Gasteiger partial charge in [-0.2, -0.15) is 5.26 Å². The van der Waals surface area contributed by atoms with E-state index in [0.29, 0.717) is 23.2 Å². The lowest BCUT2D eigenvalue weighted by Gasteiger charge is -2.43. The zero-order chi connectivity index (χ0) is 19.4. The van der Waals surface area contributed by atoms with E-state index >= 15 is 0 Å². The van der Waals surface area contributed by atoms with Crippen LogP contribution in [0.1, 0.15) is 31.0 Å². The van der Waals surface area contributed by atoms with Crippen LogP contribution in [0.4, 0.5) is 5.69 Å². The molecule has 134 valence electrons. The molecule has 3 aromatic rings. The summed E-state index contributed by atoms with van der Waals surface area (Å²) in [4.78, 5) is 9.33. The van der Waals surface area contributed by atoms with Gasteiger partial charge in [0.05, 0.1) is 18.5 Å². The number of nitriles is 1. The lowest BCUT2D eigenvalue weighted by atomic mass is 10.00. The molecule has 5 heteroatoms. The van der Waals surface area contributed by atoms with Crippen LogP contribution < -0.4 is 4.90 Å². The second kappa shape index (κ2) is 6.33. The third kappa shape index (κ3) is 2.63. The van der Waals surface area contributed by atoms with Gasteiger partial charge >= 0.3 is 0 Å². The highest BCUT2D eigenvalue weighted by molar-refractivity contribution is 9.10. The Bertz CT molecular complexity index is 1140. The summed E-state index contributed by atoms with van der Waals surface area (Å²) >= 11 is 3.60. The van der Waals surface area contributed by atoms with Gasteiger partial charge in [-0.25, -0.2) is 0 Å². The number of piperazine rings is 1. The van der Waals surface area contributed by atoms with Crippen LogP contribution >= 0.6 is 15.9 Å². The number of anilines is 1. The number of hydrogen-bond donors (Lipinski definition) is 0. The van der Waals surface area contributed by atoms with Crippen molar-refractivity contribution in [3.8, 4) is 6.07 Å². The predicted molar refractivity (Wildman–Crippen MR) is 111 cm³/mol. The van der Waals surface area contributed by atoms with E-state index in [4.69, 9.17) is 1.37 Å². The van der Waals surface area contributed by atoms with Crippen LogP contribution in [0.3, 0.4) is 0 Å². The molecule has 3 heterocycles. The van der Waals surface area contributed by atoms with Gasteiger partial charge in [-0.3, -0.25) is 9.88 Å². The first-order chi connectivity index (χ1) is 13.5. The molecule has 2 aromatic carbocycles. The highest BCUT2D eigenvalue weighted by atomic mass is 79.9. The molecule has 0 amide bonds. The molecule has 27 heavy (non-hydrogen) atoms. The Labute approximate surface area is 168 Å². The molecule has 1 saturated heterocycles. The highest BCUT2D eigenvalue weighted by Gasteiger charge is 2.39. The molecule has 0 spiro atoms. The molecular formula is C22H19BrN4. The minimum Gasteiger partial charge on any atom is -0.368 e. The van der Waals surface area contributed by atoms with Crippen molar-refractivity contribution in [3.05, 3.63) is 69.8 Å². The SMILES string of the molecule is [2H]c1ccc2c(N3C[C@@H](C)N4Cc5cc(Br)ccc5[C@H]4C3)ccc(C#N)c2n1. The summed E-state index contributed by atoms with van der Waals surface area (Å²) in [6, 6.07) is 17.1. The fourth-order valence-corrected chi connectivity index (χ4v) is 4.97. The quantitative estimate of drug-likeness (QED) is 0.576. The van der Waals surface area contributed by atoms with Gasteiger partial charge in [0.25, 0.3) is 0 Å². The third-order valence-electron chi connectivity index (χ3n) is 5.82. The number of fused-ring (bicyclic) bond motifs is 4. The second-order valence-electron chi connectivity index (χ2n) is 7.37. The first-order valence-electron chi connectivity index (χ1n) is 9.64. The van der Waals surface area contributed by atoms with Crippen molar-refractivity contribution in [1.29, 1.82) is 5.26 Å². The standard InChI is InChI=1S/C22H19BrN4/c1-14-11-26(13-21-18-6-5-17(23)9-16(18)12-27(14)21)20-7-4-15(10-24)22-19(20)3-2-8-25-22/h2-9,14,21H,11-13H2,1H3/t14-,21-/m1/s1/i8D. The van der Waals surface area contributed by atoms with Crippen LogP contribution in [0, 0.1) is 11.3 Å². The molecule has 1 fully saturated rings. The van der Waals surface area contributed by atoms with Gasteiger partial charge in [-0.15, -0.1) is 0 Å². The smallest absolute Gasteiger partial charge is 0.101 e. The van der Waals surface area contributed by atoms with Crippen molar-refractivity contribution in [2.45, 2.75) is 25.6 Å². The number of halogens is 1. The van der Waals surface area contributed by atoms with Gasteiger partial charge < -0.3 is 4.90 Å². The van der Waals surface area contributed by atoms with Crippen molar-refractivity contribution < 1.29 is 1.37 Å². The molecule has 0 bridgehead atoms. The summed E-state index contributed by atoms with van der Waals surface area (Å²) in [5.74, 6) is 0. The Morgan fingerprint density at radius 1 is 1.26 bits per heavy atom. The molecule has 0 saturated carbocycles. The zero-order valence-electron chi connectivity index (χ0n) is 16.0. The zero-order valence-corrected chi connectivity index (χ0v) is 16.6. The Kier molecular flexibility index (Phi) is 3.66. The number of aromatic nitrogens is 1. The molecule has 4 nitrogen and oxygen atoms in total. The van der Waals surface area contributed by atoms with Crippen LogP contribution in [-0.4, -0.2) is 29.0 Å². The first kappa shape index (κ1) is 15.6. The summed E-state index contributed by atoms with van der Waals surface area (Å²) in [6.45, 7) is 5.11. The van der Waals surface area contributed by atoms with Crippen LogP contribution in [-0.2, 0) is 6.54 Å². The molecule has 5 rings (SSSR count). The van der Waals surface area contributed by atoms with E-state index in [1.807, 2.05) is 18.2 Å². The largest absolute Gasteiger partial charge is 0.368 e. The van der Waals surface area contributed by atoms with Gasteiger partial charge in [0.15, 0.2) is 0 Å². The maximum Gasteiger partial charge on any atom is 0.101 e. The summed E-state index contributed by atoms with van der Waals surface area (Å²) in [7, 11) is 0. The van der Waals surface area contributed by atoms with Crippen molar-refractivity contribution in [1.82, 2.24) is 9.88 Å². The molecule has 0 unspecified atom stereocenters. The minimum atomic E-state index is 0.189. The molecule has 0 radical (unpaired) electrons. The normalized spacial score (nSPS) is 22.3. The van der Waals surface area contributed by atoms with E-state index in [1.165, 1.54) is 11.1 Å². The van der Waals surface area contributed by atoms with E-state index in [0.717, 1.165) is 35.2 Å². The average molecular weight is 420 g/mol. The second-order valence-corrected chi connectivity index (χ2v) is 8.28. The molecule has 1 aromatic heterocycles.